The molecule has 2 atom stereocenters. The van der Waals surface area contributed by atoms with Crippen molar-refractivity contribution in [3.8, 4) is 11.1 Å². The summed E-state index contributed by atoms with van der Waals surface area (Å²) in [4.78, 5) is 22.4. The van der Waals surface area contributed by atoms with Crippen molar-refractivity contribution in [3.63, 3.8) is 0 Å². The average Bonchev–Trinajstić information content (AvgIpc) is 3.37. The van der Waals surface area contributed by atoms with Crippen LogP contribution in [0.2, 0.25) is 0 Å². The van der Waals surface area contributed by atoms with Crippen molar-refractivity contribution in [3.05, 3.63) is 41.5 Å². The summed E-state index contributed by atoms with van der Waals surface area (Å²) < 4.78 is 5.58. The molecule has 0 saturated carbocycles. The fraction of sp³-hybridized carbons (Fsp3) is 0.381. The maximum Gasteiger partial charge on any atom is 0.233 e. The van der Waals surface area contributed by atoms with E-state index >= 15 is 0 Å². The van der Waals surface area contributed by atoms with Gasteiger partial charge in [0, 0.05) is 24.1 Å². The molecule has 1 aliphatic rings. The Kier molecular flexibility index (Phi) is 5.94. The highest BCUT2D eigenvalue weighted by Crippen LogP contribution is 2.39. The smallest absolute Gasteiger partial charge is 0.233 e. The molecule has 0 spiro atoms. The highest BCUT2D eigenvalue weighted by Gasteiger charge is 2.22. The summed E-state index contributed by atoms with van der Waals surface area (Å²) in [5, 5.41) is 6.77. The summed E-state index contributed by atoms with van der Waals surface area (Å²) in [7, 11) is 0. The van der Waals surface area contributed by atoms with Gasteiger partial charge in [0.25, 0.3) is 0 Å². The molecule has 1 aliphatic heterocycles. The third kappa shape index (κ3) is 4.21. The Morgan fingerprint density at radius 3 is 2.93 bits per heavy atom. The Hall–Kier alpha value is -1.96. The van der Waals surface area contributed by atoms with Gasteiger partial charge in [-0.15, -0.1) is 11.3 Å². The summed E-state index contributed by atoms with van der Waals surface area (Å²) in [6, 6.07) is 8.46. The molecule has 1 aromatic carbocycles. The van der Waals surface area contributed by atoms with E-state index in [2.05, 4.69) is 51.9 Å². The normalized spacial score (nSPS) is 17.7. The van der Waals surface area contributed by atoms with Crippen LogP contribution in [0.25, 0.3) is 21.3 Å². The Morgan fingerprint density at radius 1 is 1.36 bits per heavy atom. The summed E-state index contributed by atoms with van der Waals surface area (Å²) in [5.41, 5.74) is 3.49. The van der Waals surface area contributed by atoms with E-state index < -0.39 is 0 Å². The highest BCUT2D eigenvalue weighted by molar-refractivity contribution is 8.00. The van der Waals surface area contributed by atoms with E-state index in [-0.39, 0.29) is 17.3 Å². The largest absolute Gasteiger partial charge is 0.376 e. The van der Waals surface area contributed by atoms with E-state index in [1.807, 2.05) is 6.92 Å². The number of thioether (sulfide) groups is 1. The fourth-order valence-corrected chi connectivity index (χ4v) is 5.21. The molecule has 5 nitrogen and oxygen atoms in total. The second-order valence-corrected chi connectivity index (χ2v) is 9.20. The Morgan fingerprint density at radius 2 is 2.18 bits per heavy atom. The number of nitrogens with zero attached hydrogens (tertiary/aromatic N) is 2. The molecule has 0 aliphatic carbocycles. The third-order valence-corrected chi connectivity index (χ3v) is 6.87. The lowest BCUT2D eigenvalue weighted by molar-refractivity contribution is -0.120. The zero-order chi connectivity index (χ0) is 19.5. The van der Waals surface area contributed by atoms with Gasteiger partial charge in [0.15, 0.2) is 0 Å². The SMILES string of the molecule is Cc1ccc(-c2csc3ncnc(S[C@H](C)C(=O)NC[C@@H]4CCCO4)c23)cc1. The first kappa shape index (κ1) is 19.4. The van der Waals surface area contributed by atoms with Crippen LogP contribution in [-0.4, -0.2) is 40.4 Å². The van der Waals surface area contributed by atoms with Crippen LogP contribution < -0.4 is 5.32 Å². The van der Waals surface area contributed by atoms with Crippen molar-refractivity contribution in [1.29, 1.82) is 0 Å². The molecule has 1 amide bonds. The number of thiophene rings is 1. The molecule has 3 aromatic rings. The Balaban J connectivity index is 1.53. The van der Waals surface area contributed by atoms with Crippen molar-refractivity contribution in [2.75, 3.05) is 13.2 Å². The third-order valence-electron chi connectivity index (χ3n) is 4.88. The van der Waals surface area contributed by atoms with Crippen molar-refractivity contribution in [1.82, 2.24) is 15.3 Å². The number of carbonyl (C=O) groups excluding carboxylic acids is 1. The topological polar surface area (TPSA) is 64.1 Å². The standard InChI is InChI=1S/C21H23N3O2S2/c1-13-5-7-15(8-6-13)17-11-27-20-18(17)21(24-12-23-20)28-14(2)19(25)22-10-16-4-3-9-26-16/h5-8,11-12,14,16H,3-4,9-10H2,1-2H3,(H,22,25)/t14-,16+/m1/s1. The number of fused-ring (bicyclic) bond motifs is 1. The number of hydrogen-bond acceptors (Lipinski definition) is 6. The molecular formula is C21H23N3O2S2. The number of aryl methyl sites for hydroxylation is 1. The van der Waals surface area contributed by atoms with Crippen LogP contribution in [0.5, 0.6) is 0 Å². The van der Waals surface area contributed by atoms with E-state index in [4.69, 9.17) is 4.74 Å². The lowest BCUT2D eigenvalue weighted by atomic mass is 10.1. The fourth-order valence-electron chi connectivity index (χ4n) is 3.27. The first-order valence-corrected chi connectivity index (χ1v) is 11.2. The maximum atomic E-state index is 12.5. The van der Waals surface area contributed by atoms with Gasteiger partial charge in [0.2, 0.25) is 5.91 Å². The number of carbonyl (C=O) groups is 1. The molecule has 7 heteroatoms. The van der Waals surface area contributed by atoms with Gasteiger partial charge in [-0.2, -0.15) is 0 Å². The molecule has 146 valence electrons. The predicted octanol–water partition coefficient (Wildman–Crippen LogP) is 4.44. The van der Waals surface area contributed by atoms with Gasteiger partial charge in [0.05, 0.1) is 16.7 Å². The molecule has 3 heterocycles. The summed E-state index contributed by atoms with van der Waals surface area (Å²) in [6.07, 6.45) is 3.82. The zero-order valence-corrected chi connectivity index (χ0v) is 17.6. The predicted molar refractivity (Wildman–Crippen MR) is 115 cm³/mol. The van der Waals surface area contributed by atoms with E-state index in [1.165, 1.54) is 17.3 Å². The monoisotopic (exact) mass is 413 g/mol. The van der Waals surface area contributed by atoms with E-state index in [0.717, 1.165) is 45.8 Å². The van der Waals surface area contributed by atoms with Gasteiger partial charge >= 0.3 is 0 Å². The van der Waals surface area contributed by atoms with Gasteiger partial charge in [0.1, 0.15) is 16.2 Å². The molecular weight excluding hydrogens is 390 g/mol. The van der Waals surface area contributed by atoms with E-state index in [1.54, 1.807) is 17.7 Å². The highest BCUT2D eigenvalue weighted by atomic mass is 32.2. The number of ether oxygens (including phenoxy) is 1. The molecule has 28 heavy (non-hydrogen) atoms. The molecule has 4 rings (SSSR count). The van der Waals surface area contributed by atoms with Crippen LogP contribution >= 0.6 is 23.1 Å². The first-order chi connectivity index (χ1) is 13.6. The van der Waals surface area contributed by atoms with Gasteiger partial charge in [-0.25, -0.2) is 9.97 Å². The molecule has 0 radical (unpaired) electrons. The van der Waals surface area contributed by atoms with Crippen LogP contribution in [0, 0.1) is 6.92 Å². The van der Waals surface area contributed by atoms with Gasteiger partial charge < -0.3 is 10.1 Å². The number of benzene rings is 1. The van der Waals surface area contributed by atoms with Crippen molar-refractivity contribution >= 4 is 39.2 Å². The minimum Gasteiger partial charge on any atom is -0.376 e. The summed E-state index contributed by atoms with van der Waals surface area (Å²) in [5.74, 6) is 0.0133. The number of aromatic nitrogens is 2. The Bertz CT molecular complexity index is 965. The maximum absolute atomic E-state index is 12.5. The summed E-state index contributed by atoms with van der Waals surface area (Å²) in [6.45, 7) is 5.37. The molecule has 1 saturated heterocycles. The van der Waals surface area contributed by atoms with Crippen LogP contribution in [0.4, 0.5) is 0 Å². The van der Waals surface area contributed by atoms with Crippen molar-refractivity contribution in [2.45, 2.75) is 43.1 Å². The van der Waals surface area contributed by atoms with Crippen LogP contribution in [-0.2, 0) is 9.53 Å². The van der Waals surface area contributed by atoms with Crippen LogP contribution in [0.15, 0.2) is 41.0 Å². The average molecular weight is 414 g/mol. The molecule has 0 bridgehead atoms. The number of amides is 1. The number of nitrogens with one attached hydrogen (secondary N) is 1. The molecule has 2 aromatic heterocycles. The zero-order valence-electron chi connectivity index (χ0n) is 16.0. The number of hydrogen-bond donors (Lipinski definition) is 1. The second-order valence-electron chi connectivity index (χ2n) is 7.01. The lowest BCUT2D eigenvalue weighted by Crippen LogP contribution is -2.36. The van der Waals surface area contributed by atoms with Gasteiger partial charge in [-0.3, -0.25) is 4.79 Å². The van der Waals surface area contributed by atoms with Gasteiger partial charge in [-0.1, -0.05) is 41.6 Å². The molecule has 1 N–H and O–H groups in total. The lowest BCUT2D eigenvalue weighted by Gasteiger charge is -2.15. The van der Waals surface area contributed by atoms with E-state index in [9.17, 15) is 4.79 Å². The van der Waals surface area contributed by atoms with E-state index in [0.29, 0.717) is 6.54 Å². The van der Waals surface area contributed by atoms with Gasteiger partial charge in [-0.05, 0) is 32.3 Å². The minimum atomic E-state index is -0.245. The van der Waals surface area contributed by atoms with Crippen molar-refractivity contribution in [2.24, 2.45) is 0 Å². The quantitative estimate of drug-likeness (QED) is 0.478. The summed E-state index contributed by atoms with van der Waals surface area (Å²) >= 11 is 3.09. The molecule has 1 fully saturated rings. The minimum absolute atomic E-state index is 0.0133. The van der Waals surface area contributed by atoms with Crippen molar-refractivity contribution < 1.29 is 9.53 Å². The second kappa shape index (κ2) is 8.59. The van der Waals surface area contributed by atoms with Crippen LogP contribution in [0.3, 0.4) is 0 Å². The molecule has 0 unspecified atom stereocenters. The number of rotatable bonds is 6. The Labute approximate surface area is 172 Å². The first-order valence-electron chi connectivity index (χ1n) is 9.47. The van der Waals surface area contributed by atoms with Crippen LogP contribution in [0.1, 0.15) is 25.3 Å².